The molecule has 0 saturated carbocycles. The van der Waals surface area contributed by atoms with E-state index in [2.05, 4.69) is 15.0 Å². The number of nitrogens with zero attached hydrogens (tertiary/aromatic N) is 2. The minimum Gasteiger partial charge on any atom is -0.422 e. The summed E-state index contributed by atoms with van der Waals surface area (Å²) >= 11 is 0. The number of nitrogens with one attached hydrogen (secondary N) is 1. The fourth-order valence-corrected chi connectivity index (χ4v) is 1.09. The number of rotatable bonds is 1. The number of aromatic amines is 1. The molecule has 2 heterocycles. The first-order chi connectivity index (χ1) is 5.79. The maximum atomic E-state index is 8.86. The quantitative estimate of drug-likeness (QED) is 0.451. The molecule has 12 heavy (non-hydrogen) atoms. The second kappa shape index (κ2) is 2.58. The Morgan fingerprint density at radius 1 is 1.33 bits per heavy atom. The predicted molar refractivity (Wildman–Crippen MR) is 42.8 cm³/mol. The van der Waals surface area contributed by atoms with Gasteiger partial charge in [0.15, 0.2) is 0 Å². The van der Waals surface area contributed by atoms with Gasteiger partial charge in [0.1, 0.15) is 0 Å². The Morgan fingerprint density at radius 2 is 2.17 bits per heavy atom. The molecule has 60 valence electrons. The molecule has 0 atom stereocenters. The molecule has 0 bridgehead atoms. The van der Waals surface area contributed by atoms with Gasteiger partial charge in [-0.05, 0) is 0 Å². The molecule has 2 rings (SSSR count). The van der Waals surface area contributed by atoms with Crippen LogP contribution in [0.15, 0.2) is 18.7 Å². The van der Waals surface area contributed by atoms with Crippen molar-refractivity contribution in [1.82, 2.24) is 15.0 Å². The first-order valence-corrected chi connectivity index (χ1v) is 3.42. The van der Waals surface area contributed by atoms with Crippen LogP contribution in [0.5, 0.6) is 0 Å². The molecule has 0 radical (unpaired) electrons. The molecule has 6 heteroatoms. The van der Waals surface area contributed by atoms with Gasteiger partial charge in [-0.3, -0.25) is 4.98 Å². The molecule has 0 aliphatic carbocycles. The smallest absolute Gasteiger partial charge is 0.422 e. The van der Waals surface area contributed by atoms with Gasteiger partial charge in [0, 0.05) is 11.8 Å². The Morgan fingerprint density at radius 3 is 2.92 bits per heavy atom. The van der Waals surface area contributed by atoms with E-state index in [4.69, 9.17) is 10.0 Å². The van der Waals surface area contributed by atoms with Crippen LogP contribution in [0, 0.1) is 0 Å². The van der Waals surface area contributed by atoms with Crippen LogP contribution in [0.2, 0.25) is 0 Å². The second-order valence-corrected chi connectivity index (χ2v) is 2.40. The van der Waals surface area contributed by atoms with Crippen LogP contribution in [0.25, 0.3) is 11.3 Å². The molecular formula is C6H6BN3O2. The zero-order valence-corrected chi connectivity index (χ0v) is 6.10. The van der Waals surface area contributed by atoms with Crippen molar-refractivity contribution < 1.29 is 10.0 Å². The summed E-state index contributed by atoms with van der Waals surface area (Å²) in [6.07, 6.45) is 4.58. The van der Waals surface area contributed by atoms with E-state index in [1.807, 2.05) is 0 Å². The van der Waals surface area contributed by atoms with Crippen molar-refractivity contribution in [3.63, 3.8) is 0 Å². The van der Waals surface area contributed by atoms with Crippen LogP contribution in [-0.2, 0) is 0 Å². The van der Waals surface area contributed by atoms with Crippen LogP contribution in [-0.4, -0.2) is 32.1 Å². The number of hydrogen-bond acceptors (Lipinski definition) is 4. The average Bonchev–Trinajstić information content (AvgIpc) is 2.47. The first kappa shape index (κ1) is 7.26. The van der Waals surface area contributed by atoms with Gasteiger partial charge in [-0.1, -0.05) is 0 Å². The molecule has 0 aromatic heterocycles. The van der Waals surface area contributed by atoms with Crippen LogP contribution in [0.3, 0.4) is 0 Å². The van der Waals surface area contributed by atoms with Gasteiger partial charge in [0.25, 0.3) is 0 Å². The molecule has 0 saturated heterocycles. The highest BCUT2D eigenvalue weighted by Gasteiger charge is 2.21. The van der Waals surface area contributed by atoms with Crippen LogP contribution in [0.1, 0.15) is 0 Å². The maximum absolute atomic E-state index is 8.86. The fourth-order valence-electron chi connectivity index (χ4n) is 1.09. The van der Waals surface area contributed by atoms with E-state index in [9.17, 15) is 0 Å². The summed E-state index contributed by atoms with van der Waals surface area (Å²) in [5.74, 6) is 0. The van der Waals surface area contributed by atoms with Crippen LogP contribution < -0.4 is 5.59 Å². The lowest BCUT2D eigenvalue weighted by Crippen LogP contribution is -2.32. The van der Waals surface area contributed by atoms with Gasteiger partial charge in [-0.25, -0.2) is 4.98 Å². The highest BCUT2D eigenvalue weighted by Crippen LogP contribution is 2.13. The van der Waals surface area contributed by atoms with Gasteiger partial charge in [0.05, 0.1) is 23.8 Å². The number of H-pyrrole nitrogens is 1. The zero-order chi connectivity index (χ0) is 8.55. The highest BCUT2D eigenvalue weighted by atomic mass is 16.4. The molecule has 2 aliphatic rings. The molecule has 0 fully saturated rings. The van der Waals surface area contributed by atoms with Crippen molar-refractivity contribution in [2.75, 3.05) is 0 Å². The van der Waals surface area contributed by atoms with Crippen molar-refractivity contribution in [3.05, 3.63) is 18.7 Å². The molecule has 0 aromatic carbocycles. The van der Waals surface area contributed by atoms with E-state index in [-0.39, 0.29) is 5.59 Å². The van der Waals surface area contributed by atoms with E-state index < -0.39 is 7.12 Å². The van der Waals surface area contributed by atoms with E-state index in [1.54, 1.807) is 0 Å². The van der Waals surface area contributed by atoms with E-state index in [0.29, 0.717) is 5.56 Å². The first-order valence-electron chi connectivity index (χ1n) is 3.42. The summed E-state index contributed by atoms with van der Waals surface area (Å²) in [5, 5.41) is 17.7. The largest absolute Gasteiger partial charge is 0.508 e. The third-order valence-electron chi connectivity index (χ3n) is 1.64. The Labute approximate surface area is 68.6 Å². The summed E-state index contributed by atoms with van der Waals surface area (Å²) in [5.41, 5.74) is 1.61. The van der Waals surface area contributed by atoms with Crippen LogP contribution >= 0.6 is 0 Å². The Hall–Kier alpha value is -1.40. The van der Waals surface area contributed by atoms with Gasteiger partial charge in [-0.15, -0.1) is 0 Å². The lowest BCUT2D eigenvalue weighted by molar-refractivity contribution is 0.424. The number of hydrogen-bond donors (Lipinski definition) is 3. The minimum absolute atomic E-state index is 0.231. The third kappa shape index (κ3) is 0.974. The lowest BCUT2D eigenvalue weighted by Gasteiger charge is -1.98. The number of aromatic nitrogens is 3. The third-order valence-corrected chi connectivity index (χ3v) is 1.64. The van der Waals surface area contributed by atoms with Crippen molar-refractivity contribution in [2.24, 2.45) is 0 Å². The van der Waals surface area contributed by atoms with E-state index in [1.165, 1.54) is 18.7 Å². The van der Waals surface area contributed by atoms with Crippen molar-refractivity contribution >= 4 is 12.7 Å². The molecular weight excluding hydrogens is 157 g/mol. The summed E-state index contributed by atoms with van der Waals surface area (Å²) in [6, 6.07) is 0. The van der Waals surface area contributed by atoms with Crippen molar-refractivity contribution in [1.29, 1.82) is 0 Å². The second-order valence-electron chi connectivity index (χ2n) is 2.40. The van der Waals surface area contributed by atoms with E-state index in [0.717, 1.165) is 5.69 Å². The molecule has 0 unspecified atom stereocenters. The highest BCUT2D eigenvalue weighted by molar-refractivity contribution is 6.59. The van der Waals surface area contributed by atoms with Gasteiger partial charge >= 0.3 is 7.12 Å². The average molecular weight is 163 g/mol. The summed E-state index contributed by atoms with van der Waals surface area (Å²) < 4.78 is 0. The van der Waals surface area contributed by atoms with E-state index >= 15 is 0 Å². The molecule has 3 N–H and O–H groups in total. The molecule has 0 amide bonds. The predicted octanol–water partition coefficient (Wildman–Crippen LogP) is -1.41. The summed E-state index contributed by atoms with van der Waals surface area (Å²) in [6.45, 7) is 0. The van der Waals surface area contributed by atoms with Gasteiger partial charge in [0.2, 0.25) is 0 Å². The van der Waals surface area contributed by atoms with Gasteiger partial charge < -0.3 is 15.0 Å². The van der Waals surface area contributed by atoms with Gasteiger partial charge in [-0.2, -0.15) is 0 Å². The normalized spacial score (nSPS) is 10.5. The van der Waals surface area contributed by atoms with Crippen molar-refractivity contribution in [3.8, 4) is 11.3 Å². The van der Waals surface area contributed by atoms with Crippen LogP contribution in [0.4, 0.5) is 0 Å². The van der Waals surface area contributed by atoms with Crippen molar-refractivity contribution in [2.45, 2.75) is 0 Å². The zero-order valence-electron chi connectivity index (χ0n) is 6.10. The lowest BCUT2D eigenvalue weighted by atomic mass is 9.83. The Bertz CT molecular complexity index is 362. The Balaban J connectivity index is 2.60. The summed E-state index contributed by atoms with van der Waals surface area (Å²) in [7, 11) is -1.54. The maximum Gasteiger partial charge on any atom is 0.508 e. The monoisotopic (exact) mass is 163 g/mol. The summed E-state index contributed by atoms with van der Waals surface area (Å²) in [4.78, 5) is 10.5. The molecule has 0 aromatic rings. The number of fused-ring (bicyclic) bond motifs is 1. The minimum atomic E-state index is -1.54. The fraction of sp³-hybridized carbons (Fsp3) is 0. The Kier molecular flexibility index (Phi) is 1.56. The standard InChI is InChI=1S/C6H6BN3O2/c11-7(12)6-4-1-8-3-10-5(4)2-9-6/h1-3,11-12H,(H,8,10). The molecule has 0 spiro atoms. The SMILES string of the molecule is OB(O)c1ncc2[nH]cncc1-2. The topological polar surface area (TPSA) is 82.0 Å². The molecule has 2 aliphatic heterocycles. The molecule has 5 nitrogen and oxygen atoms in total.